The zero-order valence-corrected chi connectivity index (χ0v) is 33.9. The molecule has 0 heteroatoms. The number of unbranched alkanes of at least 4 members (excludes halogenated alkanes) is 2. The van der Waals surface area contributed by atoms with Gasteiger partial charge in [-0.25, -0.2) is 0 Å². The summed E-state index contributed by atoms with van der Waals surface area (Å²) in [7, 11) is 0. The van der Waals surface area contributed by atoms with Crippen molar-refractivity contribution < 1.29 is 0 Å². The normalized spacial score (nSPS) is 18.6. The summed E-state index contributed by atoms with van der Waals surface area (Å²) >= 11 is 0. The van der Waals surface area contributed by atoms with Gasteiger partial charge in [-0.15, -0.1) is 0 Å². The quantitative estimate of drug-likeness (QED) is 0.180. The first-order chi connectivity index (χ1) is 22.5. The Labute approximate surface area is 298 Å². The first-order valence-electron chi connectivity index (χ1n) is 20.3. The molecular formula is C48H74. The third kappa shape index (κ3) is 7.79. The monoisotopic (exact) mass is 651 g/mol. The van der Waals surface area contributed by atoms with Crippen LogP contribution >= 0.6 is 0 Å². The van der Waals surface area contributed by atoms with E-state index in [-0.39, 0.29) is 16.2 Å². The summed E-state index contributed by atoms with van der Waals surface area (Å²) in [6.45, 7) is 31.5. The molecule has 0 saturated carbocycles. The standard InChI is InChI=1S/C48H74/c1-14-20-26-47(16-3,17-4)33-35-28-36(34-48(18-5,19-6)27-21-15-2)30-39(29-35)46(13)42-31-37(44(7,8)9)22-24-40(42)41-25-23-38(32-43(41)46)45(10,11)12/h22,24,28-32H,14-21,23,25-27,33-34H2,1-13H3. The summed E-state index contributed by atoms with van der Waals surface area (Å²) in [5.74, 6) is 0. The minimum Gasteiger partial charge on any atom is -0.0654 e. The summed E-state index contributed by atoms with van der Waals surface area (Å²) in [5.41, 5.74) is 14.9. The van der Waals surface area contributed by atoms with E-state index in [0.29, 0.717) is 10.8 Å². The van der Waals surface area contributed by atoms with E-state index in [1.807, 2.05) is 0 Å². The average molecular weight is 651 g/mol. The highest BCUT2D eigenvalue weighted by Crippen LogP contribution is 2.56. The second-order valence-electron chi connectivity index (χ2n) is 18.5. The highest BCUT2D eigenvalue weighted by Gasteiger charge is 2.45. The molecule has 0 bridgehead atoms. The van der Waals surface area contributed by atoms with Crippen molar-refractivity contribution in [1.29, 1.82) is 0 Å². The Morgan fingerprint density at radius 2 is 1.15 bits per heavy atom. The zero-order valence-electron chi connectivity index (χ0n) is 33.9. The van der Waals surface area contributed by atoms with Crippen molar-refractivity contribution in [2.24, 2.45) is 16.2 Å². The largest absolute Gasteiger partial charge is 0.0654 e. The molecule has 0 amide bonds. The van der Waals surface area contributed by atoms with Gasteiger partial charge in [0.2, 0.25) is 0 Å². The van der Waals surface area contributed by atoms with Crippen LogP contribution in [-0.2, 0) is 23.7 Å². The maximum Gasteiger partial charge on any atom is 0.0432 e. The maximum absolute atomic E-state index is 2.68. The van der Waals surface area contributed by atoms with E-state index in [1.165, 1.54) is 100 Å². The average Bonchev–Trinajstić information content (AvgIpc) is 3.32. The lowest BCUT2D eigenvalue weighted by Crippen LogP contribution is -2.28. The molecule has 0 spiro atoms. The number of rotatable bonds is 15. The van der Waals surface area contributed by atoms with Crippen LogP contribution in [-0.4, -0.2) is 0 Å². The third-order valence-corrected chi connectivity index (χ3v) is 13.4. The summed E-state index contributed by atoms with van der Waals surface area (Å²) in [6.07, 6.45) is 20.3. The molecule has 266 valence electrons. The first kappa shape index (κ1) is 38.7. The van der Waals surface area contributed by atoms with E-state index >= 15 is 0 Å². The van der Waals surface area contributed by atoms with Gasteiger partial charge >= 0.3 is 0 Å². The summed E-state index contributed by atoms with van der Waals surface area (Å²) in [5, 5.41) is 0. The Hall–Kier alpha value is -2.08. The van der Waals surface area contributed by atoms with E-state index in [0.717, 1.165) is 6.42 Å². The van der Waals surface area contributed by atoms with Gasteiger partial charge in [0.1, 0.15) is 0 Å². The third-order valence-electron chi connectivity index (χ3n) is 13.4. The lowest BCUT2D eigenvalue weighted by atomic mass is 9.67. The van der Waals surface area contributed by atoms with Crippen molar-refractivity contribution in [2.75, 3.05) is 0 Å². The van der Waals surface area contributed by atoms with Crippen LogP contribution in [0.5, 0.6) is 0 Å². The van der Waals surface area contributed by atoms with Gasteiger partial charge in [0, 0.05) is 5.41 Å². The van der Waals surface area contributed by atoms with Crippen molar-refractivity contribution in [1.82, 2.24) is 0 Å². The molecule has 2 aromatic carbocycles. The number of hydrogen-bond donors (Lipinski definition) is 0. The molecule has 0 aromatic heterocycles. The summed E-state index contributed by atoms with van der Waals surface area (Å²) < 4.78 is 0. The fourth-order valence-electron chi connectivity index (χ4n) is 9.30. The van der Waals surface area contributed by atoms with Crippen molar-refractivity contribution in [3.05, 3.63) is 87.0 Å². The summed E-state index contributed by atoms with van der Waals surface area (Å²) in [6, 6.07) is 15.6. The van der Waals surface area contributed by atoms with Crippen LogP contribution in [0.2, 0.25) is 0 Å². The van der Waals surface area contributed by atoms with E-state index in [4.69, 9.17) is 0 Å². The predicted octanol–water partition coefficient (Wildman–Crippen LogP) is 14.9. The van der Waals surface area contributed by atoms with Gasteiger partial charge in [-0.05, 0) is 112 Å². The molecule has 4 rings (SSSR count). The Kier molecular flexibility index (Phi) is 12.1. The maximum atomic E-state index is 2.68. The molecule has 0 fully saturated rings. The zero-order chi connectivity index (χ0) is 35.5. The van der Waals surface area contributed by atoms with E-state index < -0.39 is 0 Å². The van der Waals surface area contributed by atoms with Crippen molar-refractivity contribution >= 4 is 5.57 Å². The van der Waals surface area contributed by atoms with Gasteiger partial charge in [-0.3, -0.25) is 0 Å². The lowest BCUT2D eigenvalue weighted by molar-refractivity contribution is 0.227. The Morgan fingerprint density at radius 3 is 1.58 bits per heavy atom. The predicted molar refractivity (Wildman–Crippen MR) is 214 cm³/mol. The second kappa shape index (κ2) is 15.0. The fourth-order valence-corrected chi connectivity index (χ4v) is 9.30. The highest BCUT2D eigenvalue weighted by atomic mass is 14.5. The molecule has 0 N–H and O–H groups in total. The van der Waals surface area contributed by atoms with Crippen molar-refractivity contribution in [2.45, 2.75) is 191 Å². The molecule has 0 heterocycles. The van der Waals surface area contributed by atoms with Crippen molar-refractivity contribution in [3.63, 3.8) is 0 Å². The fraction of sp³-hybridized carbons (Fsp3) is 0.667. The van der Waals surface area contributed by atoms with Gasteiger partial charge in [-0.2, -0.15) is 0 Å². The first-order valence-corrected chi connectivity index (χ1v) is 20.3. The second-order valence-corrected chi connectivity index (χ2v) is 18.5. The molecule has 2 aliphatic carbocycles. The molecule has 1 unspecified atom stereocenters. The van der Waals surface area contributed by atoms with Crippen LogP contribution in [0.1, 0.15) is 200 Å². The van der Waals surface area contributed by atoms with Crippen LogP contribution in [0.25, 0.3) is 5.57 Å². The van der Waals surface area contributed by atoms with Crippen LogP contribution in [0, 0.1) is 16.2 Å². The van der Waals surface area contributed by atoms with Crippen LogP contribution in [0.4, 0.5) is 0 Å². The smallest absolute Gasteiger partial charge is 0.0432 e. The Bertz CT molecular complexity index is 1410. The minimum absolute atomic E-state index is 0.112. The Morgan fingerprint density at radius 1 is 0.625 bits per heavy atom. The molecule has 0 radical (unpaired) electrons. The topological polar surface area (TPSA) is 0 Å². The van der Waals surface area contributed by atoms with Gasteiger partial charge < -0.3 is 0 Å². The van der Waals surface area contributed by atoms with Gasteiger partial charge in [0.25, 0.3) is 0 Å². The molecule has 48 heavy (non-hydrogen) atoms. The van der Waals surface area contributed by atoms with Gasteiger partial charge in [0.15, 0.2) is 0 Å². The highest BCUT2D eigenvalue weighted by molar-refractivity contribution is 5.86. The number of allylic oxidation sites excluding steroid dienone is 4. The van der Waals surface area contributed by atoms with E-state index in [9.17, 15) is 0 Å². The number of hydrogen-bond acceptors (Lipinski definition) is 0. The van der Waals surface area contributed by atoms with E-state index in [2.05, 4.69) is 132 Å². The molecule has 0 saturated heterocycles. The van der Waals surface area contributed by atoms with Crippen molar-refractivity contribution in [3.8, 4) is 0 Å². The lowest BCUT2D eigenvalue weighted by Gasteiger charge is -2.37. The van der Waals surface area contributed by atoms with Crippen LogP contribution in [0.3, 0.4) is 0 Å². The molecule has 1 atom stereocenters. The molecule has 0 nitrogen and oxygen atoms in total. The minimum atomic E-state index is -0.164. The SMILES string of the molecule is CCCCC(CC)(CC)Cc1cc(CC(CC)(CC)CCCC)cc(C2(C)C3=C(CCC(C(C)(C)C)=C3)c3ccc(C(C)(C)C)cc32)c1. The Balaban J connectivity index is 2.01. The van der Waals surface area contributed by atoms with Crippen LogP contribution in [0.15, 0.2) is 53.6 Å². The van der Waals surface area contributed by atoms with Crippen LogP contribution < -0.4 is 0 Å². The summed E-state index contributed by atoms with van der Waals surface area (Å²) in [4.78, 5) is 0. The molecular weight excluding hydrogens is 577 g/mol. The number of benzene rings is 2. The number of fused-ring (bicyclic) bond motifs is 2. The molecule has 2 aromatic rings. The van der Waals surface area contributed by atoms with Gasteiger partial charge in [-0.1, -0.05) is 182 Å². The molecule has 0 aliphatic heterocycles. The van der Waals surface area contributed by atoms with Gasteiger partial charge in [0.05, 0.1) is 0 Å². The van der Waals surface area contributed by atoms with E-state index in [1.54, 1.807) is 33.4 Å². The molecule has 2 aliphatic rings.